The van der Waals surface area contributed by atoms with Crippen molar-refractivity contribution in [2.45, 2.75) is 45.1 Å². The van der Waals surface area contributed by atoms with Gasteiger partial charge in [0.05, 0.1) is 0 Å². The van der Waals surface area contributed by atoms with Crippen LogP contribution in [0.2, 0.25) is 0 Å². The van der Waals surface area contributed by atoms with Crippen molar-refractivity contribution in [1.82, 2.24) is 0 Å². The summed E-state index contributed by atoms with van der Waals surface area (Å²) in [5, 5.41) is 9.61. The van der Waals surface area contributed by atoms with Crippen molar-refractivity contribution in [2.24, 2.45) is 5.73 Å². The van der Waals surface area contributed by atoms with Crippen LogP contribution >= 0.6 is 0 Å². The van der Waals surface area contributed by atoms with Gasteiger partial charge in [-0.2, -0.15) is 0 Å². The molecule has 0 aliphatic rings. The normalized spacial score (nSPS) is 11.5. The lowest BCUT2D eigenvalue weighted by atomic mass is 9.92. The van der Waals surface area contributed by atoms with Crippen molar-refractivity contribution in [2.75, 3.05) is 0 Å². The van der Waals surface area contributed by atoms with Crippen molar-refractivity contribution in [3.05, 3.63) is 0 Å². The van der Waals surface area contributed by atoms with Crippen LogP contribution in [0.5, 0.6) is 0 Å². The van der Waals surface area contributed by atoms with Gasteiger partial charge in [-0.25, -0.2) is 0 Å². The van der Waals surface area contributed by atoms with Gasteiger partial charge in [-0.15, -0.1) is 0 Å². The van der Waals surface area contributed by atoms with Crippen molar-refractivity contribution in [3.63, 3.8) is 0 Å². The van der Waals surface area contributed by atoms with E-state index in [9.17, 15) is 9.90 Å². The average molecular weight is 159 g/mol. The Kier molecular flexibility index (Phi) is 4.11. The molecule has 0 aromatic carbocycles. The molecule has 0 atom stereocenters. The maximum Gasteiger partial charge on any atom is 0.249 e. The van der Waals surface area contributed by atoms with Gasteiger partial charge in [0.25, 0.3) is 0 Å². The summed E-state index contributed by atoms with van der Waals surface area (Å²) in [5.74, 6) is -0.596. The number of carbonyl (C=O) groups excluding carboxylic acids is 1. The second kappa shape index (κ2) is 4.34. The van der Waals surface area contributed by atoms with Crippen LogP contribution in [0, 0.1) is 0 Å². The predicted octanol–water partition coefficient (Wildman–Crippen LogP) is 0.803. The minimum atomic E-state index is -1.26. The van der Waals surface area contributed by atoms with E-state index in [1.54, 1.807) is 0 Å². The van der Waals surface area contributed by atoms with Gasteiger partial charge in [0.1, 0.15) is 5.60 Å². The van der Waals surface area contributed by atoms with Gasteiger partial charge in [0, 0.05) is 0 Å². The molecule has 0 aliphatic heterocycles. The van der Waals surface area contributed by atoms with Crippen molar-refractivity contribution in [3.8, 4) is 0 Å². The maximum atomic E-state index is 10.8. The van der Waals surface area contributed by atoms with E-state index in [0.29, 0.717) is 12.8 Å². The van der Waals surface area contributed by atoms with Gasteiger partial charge in [-0.05, 0) is 12.8 Å². The number of carbonyl (C=O) groups is 1. The van der Waals surface area contributed by atoms with E-state index < -0.39 is 11.5 Å². The molecule has 0 aromatic heterocycles. The highest BCUT2D eigenvalue weighted by molar-refractivity contribution is 5.83. The highest BCUT2D eigenvalue weighted by Crippen LogP contribution is 2.18. The number of rotatable bonds is 5. The first-order chi connectivity index (χ1) is 5.06. The number of hydrogen-bond donors (Lipinski definition) is 2. The van der Waals surface area contributed by atoms with Gasteiger partial charge < -0.3 is 10.8 Å². The molecule has 0 radical (unpaired) electrons. The third-order valence-electron chi connectivity index (χ3n) is 1.79. The van der Waals surface area contributed by atoms with E-state index in [1.165, 1.54) is 0 Å². The molecule has 3 heteroatoms. The smallest absolute Gasteiger partial charge is 0.249 e. The Hall–Kier alpha value is -0.570. The first kappa shape index (κ1) is 10.4. The molecule has 0 heterocycles. The molecule has 0 fully saturated rings. The summed E-state index contributed by atoms with van der Waals surface area (Å²) in [4.78, 5) is 10.8. The number of amides is 1. The summed E-state index contributed by atoms with van der Waals surface area (Å²) in [6.45, 7) is 3.84. The van der Waals surface area contributed by atoms with Crippen molar-refractivity contribution >= 4 is 5.91 Å². The first-order valence-electron chi connectivity index (χ1n) is 4.09. The summed E-state index contributed by atoms with van der Waals surface area (Å²) in [6, 6.07) is 0. The summed E-state index contributed by atoms with van der Waals surface area (Å²) >= 11 is 0. The molecule has 1 amide bonds. The molecule has 0 rings (SSSR count). The maximum absolute atomic E-state index is 10.8. The Bertz CT molecular complexity index is 128. The molecule has 0 aliphatic carbocycles. The third-order valence-corrected chi connectivity index (χ3v) is 1.79. The van der Waals surface area contributed by atoms with Crippen LogP contribution in [0.25, 0.3) is 0 Å². The van der Waals surface area contributed by atoms with E-state index in [-0.39, 0.29) is 0 Å². The fourth-order valence-corrected chi connectivity index (χ4v) is 1.20. The highest BCUT2D eigenvalue weighted by Gasteiger charge is 2.31. The lowest BCUT2D eigenvalue weighted by molar-refractivity contribution is -0.137. The minimum Gasteiger partial charge on any atom is -0.380 e. The minimum absolute atomic E-state index is 0.468. The van der Waals surface area contributed by atoms with Gasteiger partial charge >= 0.3 is 0 Å². The number of primary amides is 1. The Morgan fingerprint density at radius 2 is 1.73 bits per heavy atom. The standard InChI is InChI=1S/C8H17NO2/c1-3-5-8(11,6-4-2)7(9)10/h11H,3-6H2,1-2H3,(H2,9,10). The van der Waals surface area contributed by atoms with Crippen LogP contribution in [0.1, 0.15) is 39.5 Å². The monoisotopic (exact) mass is 159 g/mol. The molecular formula is C8H17NO2. The topological polar surface area (TPSA) is 63.3 Å². The molecular weight excluding hydrogens is 142 g/mol. The largest absolute Gasteiger partial charge is 0.380 e. The molecule has 11 heavy (non-hydrogen) atoms. The molecule has 0 saturated carbocycles. The number of aliphatic hydroxyl groups is 1. The molecule has 3 N–H and O–H groups in total. The second-order valence-corrected chi connectivity index (χ2v) is 2.90. The van der Waals surface area contributed by atoms with E-state index >= 15 is 0 Å². The van der Waals surface area contributed by atoms with Gasteiger partial charge in [0.2, 0.25) is 5.91 Å². The average Bonchev–Trinajstić information content (AvgIpc) is 1.88. The molecule has 3 nitrogen and oxygen atoms in total. The zero-order chi connectivity index (χ0) is 8.91. The van der Waals surface area contributed by atoms with E-state index in [0.717, 1.165) is 12.8 Å². The van der Waals surface area contributed by atoms with Crippen LogP contribution in [0.3, 0.4) is 0 Å². The first-order valence-corrected chi connectivity index (χ1v) is 4.09. The lowest BCUT2D eigenvalue weighted by Crippen LogP contribution is -2.43. The Balaban J connectivity index is 4.13. The van der Waals surface area contributed by atoms with Crippen LogP contribution in [-0.4, -0.2) is 16.6 Å². The van der Waals surface area contributed by atoms with E-state index in [1.807, 2.05) is 13.8 Å². The lowest BCUT2D eigenvalue weighted by Gasteiger charge is -2.22. The zero-order valence-electron chi connectivity index (χ0n) is 7.26. The van der Waals surface area contributed by atoms with Crippen LogP contribution in [0.4, 0.5) is 0 Å². The van der Waals surface area contributed by atoms with Crippen LogP contribution in [-0.2, 0) is 4.79 Å². The van der Waals surface area contributed by atoms with E-state index in [4.69, 9.17) is 5.73 Å². The quantitative estimate of drug-likeness (QED) is 0.623. The molecule has 0 bridgehead atoms. The number of nitrogens with two attached hydrogens (primary N) is 1. The van der Waals surface area contributed by atoms with Gasteiger partial charge in [0.15, 0.2) is 0 Å². The summed E-state index contributed by atoms with van der Waals surface area (Å²) in [6.07, 6.45) is 2.49. The van der Waals surface area contributed by atoms with Crippen molar-refractivity contribution < 1.29 is 9.90 Å². The fraction of sp³-hybridized carbons (Fsp3) is 0.875. The van der Waals surface area contributed by atoms with Crippen molar-refractivity contribution in [1.29, 1.82) is 0 Å². The molecule has 0 saturated heterocycles. The Morgan fingerprint density at radius 1 is 1.36 bits per heavy atom. The van der Waals surface area contributed by atoms with Gasteiger partial charge in [-0.1, -0.05) is 26.7 Å². The summed E-state index contributed by atoms with van der Waals surface area (Å²) in [5.41, 5.74) is 3.79. The van der Waals surface area contributed by atoms with Gasteiger partial charge in [-0.3, -0.25) is 4.79 Å². The highest BCUT2D eigenvalue weighted by atomic mass is 16.3. The zero-order valence-corrected chi connectivity index (χ0v) is 7.26. The second-order valence-electron chi connectivity index (χ2n) is 2.90. The number of hydrogen-bond acceptors (Lipinski definition) is 2. The third kappa shape index (κ3) is 2.89. The molecule has 0 unspecified atom stereocenters. The summed E-state index contributed by atoms with van der Waals surface area (Å²) in [7, 11) is 0. The van der Waals surface area contributed by atoms with Crippen LogP contribution in [0.15, 0.2) is 0 Å². The predicted molar refractivity (Wildman–Crippen MR) is 44.0 cm³/mol. The molecule has 66 valence electrons. The SMILES string of the molecule is CCCC(O)(CCC)C(N)=O. The molecule has 0 spiro atoms. The summed E-state index contributed by atoms with van der Waals surface area (Å²) < 4.78 is 0. The van der Waals surface area contributed by atoms with Crippen LogP contribution < -0.4 is 5.73 Å². The Morgan fingerprint density at radius 3 is 1.91 bits per heavy atom. The fourth-order valence-electron chi connectivity index (χ4n) is 1.20. The molecule has 0 aromatic rings. The Labute approximate surface area is 67.6 Å². The van der Waals surface area contributed by atoms with E-state index in [2.05, 4.69) is 0 Å².